The van der Waals surface area contributed by atoms with Crippen molar-refractivity contribution in [1.82, 2.24) is 10.3 Å². The van der Waals surface area contributed by atoms with Crippen molar-refractivity contribution < 1.29 is 4.74 Å². The van der Waals surface area contributed by atoms with Crippen molar-refractivity contribution in [1.29, 1.82) is 0 Å². The lowest BCUT2D eigenvalue weighted by molar-refractivity contribution is 0.313. The zero-order chi connectivity index (χ0) is 13.5. The molecule has 0 spiro atoms. The predicted molar refractivity (Wildman–Crippen MR) is 80.6 cm³/mol. The standard InChI is InChI=1S/C14H14BrClN2O/c15-11-4-5-13(16)14(9-11)19-8-7-17-10-12-3-1-2-6-18-12/h1-6,9,17H,7-8,10H2. The van der Waals surface area contributed by atoms with Crippen LogP contribution in [0.3, 0.4) is 0 Å². The van der Waals surface area contributed by atoms with E-state index in [2.05, 4.69) is 26.2 Å². The van der Waals surface area contributed by atoms with Crippen LogP contribution >= 0.6 is 27.5 Å². The molecule has 19 heavy (non-hydrogen) atoms. The molecule has 1 N–H and O–H groups in total. The van der Waals surface area contributed by atoms with E-state index in [0.717, 1.165) is 23.3 Å². The first kappa shape index (κ1) is 14.3. The lowest BCUT2D eigenvalue weighted by Gasteiger charge is -2.09. The van der Waals surface area contributed by atoms with Crippen molar-refractivity contribution in [2.45, 2.75) is 6.54 Å². The minimum absolute atomic E-state index is 0.559. The van der Waals surface area contributed by atoms with Gasteiger partial charge in [0.1, 0.15) is 12.4 Å². The number of nitrogens with one attached hydrogen (secondary N) is 1. The molecule has 1 heterocycles. The first-order valence-corrected chi connectivity index (χ1v) is 7.11. The number of aromatic nitrogens is 1. The average Bonchev–Trinajstić information content (AvgIpc) is 2.43. The molecule has 0 saturated heterocycles. The fourth-order valence-electron chi connectivity index (χ4n) is 1.54. The van der Waals surface area contributed by atoms with E-state index in [1.54, 1.807) is 6.20 Å². The highest BCUT2D eigenvalue weighted by atomic mass is 79.9. The zero-order valence-corrected chi connectivity index (χ0v) is 12.6. The molecule has 2 rings (SSSR count). The summed E-state index contributed by atoms with van der Waals surface area (Å²) in [5.41, 5.74) is 1.02. The smallest absolute Gasteiger partial charge is 0.139 e. The van der Waals surface area contributed by atoms with Gasteiger partial charge in [-0.1, -0.05) is 33.6 Å². The maximum absolute atomic E-state index is 6.03. The molecule has 0 aliphatic carbocycles. The third kappa shape index (κ3) is 4.82. The summed E-state index contributed by atoms with van der Waals surface area (Å²) in [6, 6.07) is 11.4. The van der Waals surface area contributed by atoms with E-state index in [-0.39, 0.29) is 0 Å². The summed E-state index contributed by atoms with van der Waals surface area (Å²) >= 11 is 9.42. The van der Waals surface area contributed by atoms with Gasteiger partial charge in [0.2, 0.25) is 0 Å². The molecule has 0 aliphatic heterocycles. The molecule has 2 aromatic rings. The van der Waals surface area contributed by atoms with Crippen LogP contribution in [0.4, 0.5) is 0 Å². The molecule has 1 aromatic heterocycles. The minimum atomic E-state index is 0.559. The normalized spacial score (nSPS) is 10.4. The summed E-state index contributed by atoms with van der Waals surface area (Å²) in [5, 5.41) is 3.88. The molecule has 100 valence electrons. The maximum Gasteiger partial charge on any atom is 0.139 e. The fraction of sp³-hybridized carbons (Fsp3) is 0.214. The summed E-state index contributed by atoms with van der Waals surface area (Å²) in [7, 11) is 0. The Balaban J connectivity index is 1.71. The Bertz CT molecular complexity index is 522. The largest absolute Gasteiger partial charge is 0.491 e. The molecule has 0 radical (unpaired) electrons. The summed E-state index contributed by atoms with van der Waals surface area (Å²) in [6.45, 7) is 2.03. The van der Waals surface area contributed by atoms with Gasteiger partial charge < -0.3 is 10.1 Å². The van der Waals surface area contributed by atoms with Gasteiger partial charge in [-0.25, -0.2) is 0 Å². The number of halogens is 2. The first-order valence-electron chi connectivity index (χ1n) is 5.94. The maximum atomic E-state index is 6.03. The van der Waals surface area contributed by atoms with Crippen LogP contribution in [0.1, 0.15) is 5.69 Å². The highest BCUT2D eigenvalue weighted by Crippen LogP contribution is 2.27. The van der Waals surface area contributed by atoms with Gasteiger partial charge in [0.25, 0.3) is 0 Å². The zero-order valence-electron chi connectivity index (χ0n) is 10.3. The van der Waals surface area contributed by atoms with E-state index in [9.17, 15) is 0 Å². The number of benzene rings is 1. The van der Waals surface area contributed by atoms with E-state index in [1.807, 2.05) is 36.4 Å². The van der Waals surface area contributed by atoms with Crippen molar-refractivity contribution in [2.75, 3.05) is 13.2 Å². The molecule has 0 bridgehead atoms. The van der Waals surface area contributed by atoms with E-state index >= 15 is 0 Å². The average molecular weight is 342 g/mol. The second-order valence-corrected chi connectivity index (χ2v) is 5.24. The lowest BCUT2D eigenvalue weighted by atomic mass is 10.3. The topological polar surface area (TPSA) is 34.1 Å². The Morgan fingerprint density at radius 3 is 2.95 bits per heavy atom. The van der Waals surface area contributed by atoms with Gasteiger partial charge in [-0.3, -0.25) is 4.98 Å². The van der Waals surface area contributed by atoms with E-state index < -0.39 is 0 Å². The van der Waals surface area contributed by atoms with Crippen LogP contribution in [0.2, 0.25) is 5.02 Å². The molecule has 0 amide bonds. The van der Waals surface area contributed by atoms with E-state index in [0.29, 0.717) is 17.4 Å². The van der Waals surface area contributed by atoms with Gasteiger partial charge in [-0.2, -0.15) is 0 Å². The third-order valence-electron chi connectivity index (χ3n) is 2.46. The van der Waals surface area contributed by atoms with Crippen LogP contribution in [0.5, 0.6) is 5.75 Å². The molecule has 0 atom stereocenters. The molecule has 0 saturated carbocycles. The minimum Gasteiger partial charge on any atom is -0.491 e. The van der Waals surface area contributed by atoms with Crippen LogP contribution in [-0.4, -0.2) is 18.1 Å². The monoisotopic (exact) mass is 340 g/mol. The highest BCUT2D eigenvalue weighted by molar-refractivity contribution is 9.10. The summed E-state index contributed by atoms with van der Waals surface area (Å²) in [4.78, 5) is 4.23. The van der Waals surface area contributed by atoms with Gasteiger partial charge in [-0.15, -0.1) is 0 Å². The second kappa shape index (κ2) is 7.48. The van der Waals surface area contributed by atoms with Gasteiger partial charge in [0.15, 0.2) is 0 Å². The molecule has 0 unspecified atom stereocenters. The summed E-state index contributed by atoms with van der Waals surface area (Å²) in [5.74, 6) is 0.690. The van der Waals surface area contributed by atoms with Crippen LogP contribution in [0.25, 0.3) is 0 Å². The third-order valence-corrected chi connectivity index (χ3v) is 3.27. The van der Waals surface area contributed by atoms with Crippen molar-refractivity contribution in [3.8, 4) is 5.75 Å². The number of ether oxygens (including phenoxy) is 1. The van der Waals surface area contributed by atoms with Gasteiger partial charge >= 0.3 is 0 Å². The number of rotatable bonds is 6. The lowest BCUT2D eigenvalue weighted by Crippen LogP contribution is -2.21. The molecular formula is C14H14BrClN2O. The molecule has 0 aliphatic rings. The fourth-order valence-corrected chi connectivity index (χ4v) is 2.05. The van der Waals surface area contributed by atoms with Crippen molar-refractivity contribution in [2.24, 2.45) is 0 Å². The number of hydrogen-bond acceptors (Lipinski definition) is 3. The van der Waals surface area contributed by atoms with E-state index in [1.165, 1.54) is 0 Å². The van der Waals surface area contributed by atoms with Crippen molar-refractivity contribution in [3.63, 3.8) is 0 Å². The Hall–Kier alpha value is -1.10. The summed E-state index contributed by atoms with van der Waals surface area (Å²) < 4.78 is 6.56. The van der Waals surface area contributed by atoms with Gasteiger partial charge in [0.05, 0.1) is 10.7 Å². The van der Waals surface area contributed by atoms with Crippen molar-refractivity contribution in [3.05, 3.63) is 57.8 Å². The second-order valence-electron chi connectivity index (χ2n) is 3.92. The van der Waals surface area contributed by atoms with Crippen molar-refractivity contribution >= 4 is 27.5 Å². The van der Waals surface area contributed by atoms with Crippen LogP contribution in [-0.2, 0) is 6.54 Å². The van der Waals surface area contributed by atoms with Crippen LogP contribution in [0.15, 0.2) is 47.1 Å². The van der Waals surface area contributed by atoms with Gasteiger partial charge in [-0.05, 0) is 30.3 Å². The van der Waals surface area contributed by atoms with E-state index in [4.69, 9.17) is 16.3 Å². The van der Waals surface area contributed by atoms with Crippen LogP contribution < -0.4 is 10.1 Å². The number of pyridine rings is 1. The highest BCUT2D eigenvalue weighted by Gasteiger charge is 2.01. The number of hydrogen-bond donors (Lipinski definition) is 1. The molecule has 5 heteroatoms. The molecule has 1 aromatic carbocycles. The first-order chi connectivity index (χ1) is 9.25. The Labute approximate surface area is 126 Å². The Kier molecular flexibility index (Phi) is 5.63. The Morgan fingerprint density at radius 1 is 1.26 bits per heavy atom. The quantitative estimate of drug-likeness (QED) is 0.814. The number of nitrogens with zero attached hydrogens (tertiary/aromatic N) is 1. The Morgan fingerprint density at radius 2 is 2.16 bits per heavy atom. The molecular weight excluding hydrogens is 328 g/mol. The summed E-state index contributed by atoms with van der Waals surface area (Å²) in [6.07, 6.45) is 1.79. The van der Waals surface area contributed by atoms with Crippen LogP contribution in [0, 0.1) is 0 Å². The van der Waals surface area contributed by atoms with Gasteiger partial charge in [0, 0.05) is 23.8 Å². The predicted octanol–water partition coefficient (Wildman–Crippen LogP) is 3.67. The molecule has 3 nitrogen and oxygen atoms in total. The SMILES string of the molecule is Clc1ccc(Br)cc1OCCNCc1ccccn1. The molecule has 0 fully saturated rings.